The molecule has 0 aliphatic heterocycles. The van der Waals surface area contributed by atoms with Crippen LogP contribution in [0.1, 0.15) is 200 Å². The highest BCUT2D eigenvalue weighted by atomic mass is 31.2. The first kappa shape index (κ1) is 45.9. The second kappa shape index (κ2) is 36.1. The summed E-state index contributed by atoms with van der Waals surface area (Å²) < 4.78 is 26.2. The van der Waals surface area contributed by atoms with Crippen LogP contribution < -0.4 is 9.79 Å². The minimum atomic E-state index is -5.16. The average molecular weight is 685 g/mol. The molecule has 1 atom stereocenters. The number of carbonyl (C=O) groups is 1. The zero-order chi connectivity index (χ0) is 34.5. The molecule has 8 heteroatoms. The lowest BCUT2D eigenvalue weighted by atomic mass is 10.0. The van der Waals surface area contributed by atoms with E-state index in [1.165, 1.54) is 128 Å². The predicted molar refractivity (Wildman–Crippen MR) is 193 cm³/mol. The van der Waals surface area contributed by atoms with Crippen LogP contribution in [-0.4, -0.2) is 25.3 Å². The third-order valence-corrected chi connectivity index (χ3v) is 9.02. The molecule has 0 rings (SSSR count). The summed E-state index contributed by atoms with van der Waals surface area (Å²) in [5.41, 5.74) is 0. The summed E-state index contributed by atoms with van der Waals surface area (Å²) in [6, 6.07) is 0. The second-order valence-corrected chi connectivity index (χ2v) is 14.4. The third kappa shape index (κ3) is 39.2. The van der Waals surface area contributed by atoms with Crippen molar-refractivity contribution in [3.8, 4) is 0 Å². The van der Waals surface area contributed by atoms with Gasteiger partial charge in [-0.25, -0.2) is 0 Å². The van der Waals surface area contributed by atoms with Gasteiger partial charge in [0.2, 0.25) is 0 Å². The molecule has 0 bridgehead atoms. The Kier molecular flexibility index (Phi) is 35.3. The fourth-order valence-corrected chi connectivity index (χ4v) is 5.98. The molecule has 0 radical (unpaired) electrons. The Balaban J connectivity index is 3.87. The maximum absolute atomic E-state index is 12.3. The normalized spacial score (nSPS) is 12.8. The van der Waals surface area contributed by atoms with Crippen molar-refractivity contribution in [3.05, 3.63) is 24.5 Å². The minimum absolute atomic E-state index is 0.0621. The molecule has 0 saturated carbocycles. The number of rotatable bonds is 37. The maximum Gasteiger partial charge on any atom is 0.306 e. The Bertz CT molecular complexity index is 764. The topological polar surface area (TPSA) is 108 Å². The van der Waals surface area contributed by atoms with E-state index in [0.717, 1.165) is 44.9 Å². The van der Waals surface area contributed by atoms with Crippen molar-refractivity contribution in [2.24, 2.45) is 0 Å². The minimum Gasteiger partial charge on any atom is -0.790 e. The zero-order valence-corrected chi connectivity index (χ0v) is 31.5. The smallest absolute Gasteiger partial charge is 0.306 e. The number of hydrogen-bond donors (Lipinski definition) is 0. The van der Waals surface area contributed by atoms with Gasteiger partial charge in [0.05, 0.1) is 20.7 Å². The molecule has 0 saturated heterocycles. The van der Waals surface area contributed by atoms with Crippen LogP contribution in [0.25, 0.3) is 0 Å². The lowest BCUT2D eigenvalue weighted by Crippen LogP contribution is -2.30. The maximum atomic E-state index is 12.3. The average Bonchev–Trinajstić information content (AvgIpc) is 3.04. The largest absolute Gasteiger partial charge is 0.790 e. The van der Waals surface area contributed by atoms with Crippen molar-refractivity contribution >= 4 is 13.8 Å². The number of esters is 1. The molecule has 0 fully saturated rings. The van der Waals surface area contributed by atoms with Crippen molar-refractivity contribution in [3.63, 3.8) is 0 Å². The summed E-state index contributed by atoms with van der Waals surface area (Å²) in [5, 5.41) is 0. The van der Waals surface area contributed by atoms with Crippen LogP contribution >= 0.6 is 7.82 Å². The van der Waals surface area contributed by atoms with E-state index in [9.17, 15) is 19.1 Å². The Morgan fingerprint density at radius 2 is 0.936 bits per heavy atom. The SMILES string of the molecule is CCCCCCCC/C=C\CCCCCCCC(=O)O[C@H](CO/C=C\CCCCCCCCCCCCCCCC)COP(=O)([O-])[O-]. The molecule has 0 unspecified atom stereocenters. The van der Waals surface area contributed by atoms with Gasteiger partial charge >= 0.3 is 5.97 Å². The highest BCUT2D eigenvalue weighted by molar-refractivity contribution is 7.43. The number of carbonyl (C=O) groups excluding carboxylic acids is 1. The fraction of sp³-hybridized carbons (Fsp3) is 0.872. The molecule has 47 heavy (non-hydrogen) atoms. The number of phosphoric acid groups is 1. The molecule has 0 aromatic heterocycles. The van der Waals surface area contributed by atoms with Gasteiger partial charge < -0.3 is 28.3 Å². The van der Waals surface area contributed by atoms with Crippen LogP contribution in [-0.2, 0) is 23.4 Å². The van der Waals surface area contributed by atoms with Gasteiger partial charge in [0, 0.05) is 6.42 Å². The first-order valence-corrected chi connectivity index (χ1v) is 21.1. The molecular weight excluding hydrogens is 611 g/mol. The quantitative estimate of drug-likeness (QED) is 0.0211. The Labute approximate surface area is 290 Å². The van der Waals surface area contributed by atoms with E-state index in [0.29, 0.717) is 6.42 Å². The molecule has 0 aromatic rings. The molecule has 7 nitrogen and oxygen atoms in total. The van der Waals surface area contributed by atoms with Gasteiger partial charge in [0.15, 0.2) is 6.10 Å². The molecule has 0 N–H and O–H groups in total. The highest BCUT2D eigenvalue weighted by Gasteiger charge is 2.16. The van der Waals surface area contributed by atoms with E-state index in [-0.39, 0.29) is 13.0 Å². The van der Waals surface area contributed by atoms with Gasteiger partial charge in [0.1, 0.15) is 6.61 Å². The third-order valence-electron chi connectivity index (χ3n) is 8.56. The van der Waals surface area contributed by atoms with Gasteiger partial charge in [-0.1, -0.05) is 161 Å². The lowest BCUT2D eigenvalue weighted by Gasteiger charge is -2.30. The summed E-state index contributed by atoms with van der Waals surface area (Å²) in [5.74, 6) is -0.433. The summed E-state index contributed by atoms with van der Waals surface area (Å²) in [6.07, 6.45) is 42.1. The standard InChI is InChI=1S/C39H75O7P/c1-3-5-7-9-11-13-15-17-19-21-23-25-27-29-31-33-35-44-36-38(37-45-47(41,42)43)46-39(40)34-32-30-28-26-24-22-20-18-16-14-12-10-8-6-4-2/h18,20,33,35,38H,3-17,19,21-32,34,36-37H2,1-2H3,(H2,41,42,43)/p-2/b20-18-,35-33-/t38-/m1/s1. The van der Waals surface area contributed by atoms with Gasteiger partial charge in [-0.05, 0) is 51.0 Å². The monoisotopic (exact) mass is 685 g/mol. The van der Waals surface area contributed by atoms with Crippen molar-refractivity contribution in [1.82, 2.24) is 0 Å². The molecule has 278 valence electrons. The first-order valence-electron chi connectivity index (χ1n) is 19.7. The molecule has 0 aliphatic rings. The molecule has 0 aromatic carbocycles. The lowest BCUT2D eigenvalue weighted by molar-refractivity contribution is -0.343. The molecule has 0 heterocycles. The van der Waals surface area contributed by atoms with E-state index in [1.54, 1.807) is 6.26 Å². The first-order chi connectivity index (χ1) is 22.9. The van der Waals surface area contributed by atoms with Crippen LogP contribution in [0.4, 0.5) is 0 Å². The van der Waals surface area contributed by atoms with E-state index in [4.69, 9.17) is 9.47 Å². The van der Waals surface area contributed by atoms with Gasteiger partial charge in [0.25, 0.3) is 0 Å². The van der Waals surface area contributed by atoms with Gasteiger partial charge in [-0.3, -0.25) is 4.79 Å². The van der Waals surface area contributed by atoms with Crippen LogP contribution in [0.2, 0.25) is 0 Å². The van der Waals surface area contributed by atoms with E-state index >= 15 is 0 Å². The number of phosphoric ester groups is 1. The van der Waals surface area contributed by atoms with E-state index < -0.39 is 26.5 Å². The number of allylic oxidation sites excluding steroid dienone is 3. The summed E-state index contributed by atoms with van der Waals surface area (Å²) >= 11 is 0. The summed E-state index contributed by atoms with van der Waals surface area (Å²) in [7, 11) is -5.16. The zero-order valence-electron chi connectivity index (χ0n) is 30.6. The predicted octanol–water partition coefficient (Wildman–Crippen LogP) is 11.2. The van der Waals surface area contributed by atoms with E-state index in [1.807, 2.05) is 6.08 Å². The molecule has 0 aliphatic carbocycles. The van der Waals surface area contributed by atoms with Crippen LogP contribution in [0.5, 0.6) is 0 Å². The van der Waals surface area contributed by atoms with E-state index in [2.05, 4.69) is 30.5 Å². The van der Waals surface area contributed by atoms with Crippen molar-refractivity contribution < 1.29 is 33.1 Å². The van der Waals surface area contributed by atoms with Gasteiger partial charge in [-0.15, -0.1) is 0 Å². The van der Waals surface area contributed by atoms with Crippen molar-refractivity contribution in [1.29, 1.82) is 0 Å². The number of ether oxygens (including phenoxy) is 2. The number of unbranched alkanes of at least 4 members (excludes halogenated alkanes) is 25. The Morgan fingerprint density at radius 3 is 1.36 bits per heavy atom. The molecule has 0 spiro atoms. The highest BCUT2D eigenvalue weighted by Crippen LogP contribution is 2.25. The van der Waals surface area contributed by atoms with Crippen LogP contribution in [0, 0.1) is 0 Å². The van der Waals surface area contributed by atoms with Gasteiger partial charge in [-0.2, -0.15) is 0 Å². The molecular formula is C39H73O7P-2. The summed E-state index contributed by atoms with van der Waals surface area (Å²) in [6.45, 7) is 3.92. The van der Waals surface area contributed by atoms with Crippen LogP contribution in [0.15, 0.2) is 24.5 Å². The summed E-state index contributed by atoms with van der Waals surface area (Å²) in [4.78, 5) is 34.2. The number of hydrogen-bond acceptors (Lipinski definition) is 7. The Morgan fingerprint density at radius 1 is 0.553 bits per heavy atom. The molecule has 0 amide bonds. The van der Waals surface area contributed by atoms with Crippen LogP contribution in [0.3, 0.4) is 0 Å². The van der Waals surface area contributed by atoms with Crippen molar-refractivity contribution in [2.75, 3.05) is 13.2 Å². The second-order valence-electron chi connectivity index (χ2n) is 13.3. The fourth-order valence-electron chi connectivity index (χ4n) is 5.63. The van der Waals surface area contributed by atoms with Crippen molar-refractivity contribution in [2.45, 2.75) is 206 Å². The Hall–Kier alpha value is -1.14.